The lowest BCUT2D eigenvalue weighted by atomic mass is 10.2. The van der Waals surface area contributed by atoms with Crippen LogP contribution in [0.2, 0.25) is 0 Å². The Balaban J connectivity index is 2.59. The van der Waals surface area contributed by atoms with E-state index in [2.05, 4.69) is 22.7 Å². The van der Waals surface area contributed by atoms with Gasteiger partial charge >= 0.3 is 0 Å². The molecule has 1 rings (SSSR count). The Kier molecular flexibility index (Phi) is 3.22. The van der Waals surface area contributed by atoms with Gasteiger partial charge in [0.1, 0.15) is 0 Å². The van der Waals surface area contributed by atoms with Crippen LogP contribution in [0.3, 0.4) is 0 Å². The molecule has 0 unspecified atom stereocenters. The fourth-order valence-corrected chi connectivity index (χ4v) is 0.805. The van der Waals surface area contributed by atoms with Crippen LogP contribution in [0.25, 0.3) is 0 Å². The van der Waals surface area contributed by atoms with E-state index in [1.165, 1.54) is 0 Å². The molecule has 0 aromatic heterocycles. The van der Waals surface area contributed by atoms with Crippen LogP contribution in [-0.2, 0) is 0 Å². The van der Waals surface area contributed by atoms with Crippen molar-refractivity contribution in [2.45, 2.75) is 0 Å². The molecule has 5 N–H and O–H groups in total. The highest BCUT2D eigenvalue weighted by atomic mass is 32.1. The van der Waals surface area contributed by atoms with Crippen molar-refractivity contribution >= 4 is 29.2 Å². The first-order chi connectivity index (χ1) is 6.18. The lowest BCUT2D eigenvalue weighted by molar-refractivity contribution is 1.04. The van der Waals surface area contributed by atoms with E-state index in [1.807, 2.05) is 12.1 Å². The van der Waals surface area contributed by atoms with Crippen molar-refractivity contribution in [2.24, 2.45) is 10.8 Å². The molecule has 4 nitrogen and oxygen atoms in total. The topological polar surface area (TPSA) is 76.4 Å². The number of anilines is 1. The van der Waals surface area contributed by atoms with Gasteiger partial charge in [-0.2, -0.15) is 5.10 Å². The number of rotatable bonds is 2. The van der Waals surface area contributed by atoms with E-state index in [1.54, 1.807) is 18.3 Å². The third-order valence-electron chi connectivity index (χ3n) is 1.32. The summed E-state index contributed by atoms with van der Waals surface area (Å²) >= 11 is 4.56. The third-order valence-corrected chi connectivity index (χ3v) is 1.42. The zero-order chi connectivity index (χ0) is 9.68. The molecule has 0 atom stereocenters. The molecule has 0 bridgehead atoms. The monoisotopic (exact) mass is 194 g/mol. The van der Waals surface area contributed by atoms with Crippen molar-refractivity contribution < 1.29 is 0 Å². The van der Waals surface area contributed by atoms with Crippen molar-refractivity contribution in [3.05, 3.63) is 29.8 Å². The summed E-state index contributed by atoms with van der Waals surface area (Å²) in [6, 6.07) is 7.28. The zero-order valence-corrected chi connectivity index (χ0v) is 7.71. The standard InChI is InChI=1S/C8H10N4S/c9-7-3-1-6(2-4-7)5-11-12-8(10)13/h1-5H,9H2,(H3,10,12,13)/b11-5+. The van der Waals surface area contributed by atoms with Gasteiger partial charge in [-0.25, -0.2) is 0 Å². The molecule has 0 aliphatic rings. The van der Waals surface area contributed by atoms with Gasteiger partial charge in [0, 0.05) is 5.69 Å². The molecular formula is C8H10N4S. The Bertz CT molecular complexity index is 317. The van der Waals surface area contributed by atoms with Crippen LogP contribution in [0, 0.1) is 0 Å². The molecule has 0 spiro atoms. The van der Waals surface area contributed by atoms with Gasteiger partial charge in [0.2, 0.25) is 0 Å². The summed E-state index contributed by atoms with van der Waals surface area (Å²) in [5, 5.41) is 3.93. The number of nitrogen functional groups attached to an aromatic ring is 1. The van der Waals surface area contributed by atoms with E-state index in [9.17, 15) is 0 Å². The predicted octanol–water partition coefficient (Wildman–Crippen LogP) is 0.436. The molecule has 1 aromatic carbocycles. The second-order valence-corrected chi connectivity index (χ2v) is 2.84. The van der Waals surface area contributed by atoms with Crippen LogP contribution < -0.4 is 16.9 Å². The van der Waals surface area contributed by atoms with Crippen LogP contribution in [0.1, 0.15) is 5.56 Å². The van der Waals surface area contributed by atoms with Crippen molar-refractivity contribution in [1.82, 2.24) is 5.43 Å². The van der Waals surface area contributed by atoms with Gasteiger partial charge in [-0.1, -0.05) is 12.1 Å². The number of benzene rings is 1. The predicted molar refractivity (Wildman–Crippen MR) is 58.4 cm³/mol. The lowest BCUT2D eigenvalue weighted by Gasteiger charge is -1.95. The molecule has 0 fully saturated rings. The number of nitrogens with zero attached hydrogens (tertiary/aromatic N) is 1. The van der Waals surface area contributed by atoms with Gasteiger partial charge < -0.3 is 11.5 Å². The molecule has 0 radical (unpaired) electrons. The van der Waals surface area contributed by atoms with Gasteiger partial charge in [-0.05, 0) is 29.9 Å². The summed E-state index contributed by atoms with van der Waals surface area (Å²) in [5.74, 6) is 0. The second kappa shape index (κ2) is 4.42. The molecule has 5 heteroatoms. The van der Waals surface area contributed by atoms with Crippen LogP contribution in [0.4, 0.5) is 5.69 Å². The summed E-state index contributed by atoms with van der Waals surface area (Å²) in [6.45, 7) is 0. The molecule has 0 amide bonds. The maximum atomic E-state index is 5.50. The summed E-state index contributed by atoms with van der Waals surface area (Å²) in [5.41, 5.74) is 14.8. The molecule has 0 heterocycles. The van der Waals surface area contributed by atoms with Gasteiger partial charge in [-0.3, -0.25) is 5.43 Å². The first-order valence-corrected chi connectivity index (χ1v) is 4.03. The number of nitrogens with two attached hydrogens (primary N) is 2. The number of hydrogen-bond donors (Lipinski definition) is 3. The lowest BCUT2D eigenvalue weighted by Crippen LogP contribution is -2.23. The van der Waals surface area contributed by atoms with Gasteiger partial charge in [-0.15, -0.1) is 0 Å². The summed E-state index contributed by atoms with van der Waals surface area (Å²) in [4.78, 5) is 0. The summed E-state index contributed by atoms with van der Waals surface area (Å²) < 4.78 is 0. The van der Waals surface area contributed by atoms with Gasteiger partial charge in [0.25, 0.3) is 0 Å². The number of nitrogens with one attached hydrogen (secondary N) is 1. The van der Waals surface area contributed by atoms with Gasteiger partial charge in [0.15, 0.2) is 5.11 Å². The quantitative estimate of drug-likeness (QED) is 0.276. The normalized spacial score (nSPS) is 10.2. The summed E-state index contributed by atoms with van der Waals surface area (Å²) in [7, 11) is 0. The maximum Gasteiger partial charge on any atom is 0.184 e. The third kappa shape index (κ3) is 3.53. The van der Waals surface area contributed by atoms with Crippen LogP contribution in [-0.4, -0.2) is 11.3 Å². The Morgan fingerprint density at radius 2 is 2.00 bits per heavy atom. The zero-order valence-electron chi connectivity index (χ0n) is 6.90. The smallest absolute Gasteiger partial charge is 0.184 e. The van der Waals surface area contributed by atoms with E-state index >= 15 is 0 Å². The second-order valence-electron chi connectivity index (χ2n) is 2.40. The minimum absolute atomic E-state index is 0.145. The van der Waals surface area contributed by atoms with Crippen molar-refractivity contribution in [3.63, 3.8) is 0 Å². The van der Waals surface area contributed by atoms with Gasteiger partial charge in [0.05, 0.1) is 6.21 Å². The van der Waals surface area contributed by atoms with Crippen molar-refractivity contribution in [3.8, 4) is 0 Å². The largest absolute Gasteiger partial charge is 0.399 e. The molecule has 68 valence electrons. The van der Waals surface area contributed by atoms with E-state index in [0.29, 0.717) is 0 Å². The highest BCUT2D eigenvalue weighted by Crippen LogP contribution is 2.02. The number of hydrogen-bond acceptors (Lipinski definition) is 3. The molecule has 0 saturated carbocycles. The molecule has 13 heavy (non-hydrogen) atoms. The van der Waals surface area contributed by atoms with Crippen LogP contribution in [0.5, 0.6) is 0 Å². The van der Waals surface area contributed by atoms with Crippen LogP contribution >= 0.6 is 12.2 Å². The Morgan fingerprint density at radius 3 is 2.54 bits per heavy atom. The van der Waals surface area contributed by atoms with E-state index in [-0.39, 0.29) is 5.11 Å². The van der Waals surface area contributed by atoms with Crippen LogP contribution in [0.15, 0.2) is 29.4 Å². The molecule has 0 aliphatic heterocycles. The first-order valence-electron chi connectivity index (χ1n) is 3.62. The highest BCUT2D eigenvalue weighted by molar-refractivity contribution is 7.80. The minimum Gasteiger partial charge on any atom is -0.399 e. The number of thiocarbonyl (C=S) groups is 1. The molecular weight excluding hydrogens is 184 g/mol. The number of hydrazone groups is 1. The van der Waals surface area contributed by atoms with E-state index in [0.717, 1.165) is 11.3 Å². The SMILES string of the molecule is NC(=S)N/N=C/c1ccc(N)cc1. The highest BCUT2D eigenvalue weighted by Gasteiger charge is 1.86. The fraction of sp³-hybridized carbons (Fsp3) is 0. The summed E-state index contributed by atoms with van der Waals surface area (Å²) in [6.07, 6.45) is 1.61. The minimum atomic E-state index is 0.145. The maximum absolute atomic E-state index is 5.50. The Morgan fingerprint density at radius 1 is 1.38 bits per heavy atom. The fourth-order valence-electron chi connectivity index (χ4n) is 0.753. The molecule has 0 aliphatic carbocycles. The average Bonchev–Trinajstić information content (AvgIpc) is 2.08. The van der Waals surface area contributed by atoms with E-state index < -0.39 is 0 Å². The first kappa shape index (κ1) is 9.47. The molecule has 0 saturated heterocycles. The Labute approximate surface area is 81.6 Å². The average molecular weight is 194 g/mol. The van der Waals surface area contributed by atoms with E-state index in [4.69, 9.17) is 11.5 Å². The molecule has 1 aromatic rings. The Hall–Kier alpha value is -1.62. The van der Waals surface area contributed by atoms with Crippen molar-refractivity contribution in [2.75, 3.05) is 5.73 Å². The van der Waals surface area contributed by atoms with Crippen molar-refractivity contribution in [1.29, 1.82) is 0 Å².